The molecule has 0 rings (SSSR count). The van der Waals surface area contributed by atoms with Gasteiger partial charge in [-0.3, -0.25) is 0 Å². The van der Waals surface area contributed by atoms with Crippen LogP contribution in [0.15, 0.2) is 12.7 Å². The third kappa shape index (κ3) is 4.20. The zero-order chi connectivity index (χ0) is 6.41. The number of allylic oxidation sites excluding steroid dienone is 1. The van der Waals surface area contributed by atoms with Gasteiger partial charge in [-0.15, -0.1) is 18.2 Å². The van der Waals surface area contributed by atoms with Crippen molar-refractivity contribution in [3.05, 3.63) is 12.7 Å². The lowest BCUT2D eigenvalue weighted by atomic mass is 10.2. The summed E-state index contributed by atoms with van der Waals surface area (Å²) in [5, 5.41) is 0.317. The molecule has 0 aliphatic rings. The van der Waals surface area contributed by atoms with Gasteiger partial charge in [-0.2, -0.15) is 0 Å². The van der Waals surface area contributed by atoms with E-state index in [1.807, 2.05) is 6.08 Å². The van der Waals surface area contributed by atoms with Gasteiger partial charge in [0.05, 0.1) is 0 Å². The molecule has 1 unspecified atom stereocenters. The first kappa shape index (κ1) is 8.03. The van der Waals surface area contributed by atoms with E-state index < -0.39 is 0 Å². The van der Waals surface area contributed by atoms with Gasteiger partial charge in [-0.25, -0.2) is 0 Å². The van der Waals surface area contributed by atoms with Crippen molar-refractivity contribution in [1.29, 1.82) is 0 Å². The Kier molecular flexibility index (Phi) is 5.19. The topological polar surface area (TPSA) is 0 Å². The minimum absolute atomic E-state index is 0.317. The third-order valence-corrected chi connectivity index (χ3v) is 1.42. The molecule has 8 heavy (non-hydrogen) atoms. The van der Waals surface area contributed by atoms with E-state index in [0.29, 0.717) is 5.38 Å². The van der Waals surface area contributed by atoms with E-state index in [0.717, 1.165) is 12.8 Å². The standard InChI is InChI=1S/C7H13Cl/c1-3-5-7(8)6-4-2/h3,7H,1,4-6H2,2H3. The van der Waals surface area contributed by atoms with Gasteiger partial charge >= 0.3 is 0 Å². The maximum Gasteiger partial charge on any atom is 0.0370 e. The first-order valence-electron chi connectivity index (χ1n) is 3.06. The molecule has 0 nitrogen and oxygen atoms in total. The summed E-state index contributed by atoms with van der Waals surface area (Å²) in [5.41, 5.74) is 0. The predicted molar refractivity (Wildman–Crippen MR) is 39.4 cm³/mol. The van der Waals surface area contributed by atoms with Crippen molar-refractivity contribution in [3.63, 3.8) is 0 Å². The van der Waals surface area contributed by atoms with E-state index in [9.17, 15) is 0 Å². The molecule has 0 aromatic rings. The monoisotopic (exact) mass is 132 g/mol. The van der Waals surface area contributed by atoms with E-state index in [1.165, 1.54) is 6.42 Å². The van der Waals surface area contributed by atoms with Gasteiger partial charge in [0.1, 0.15) is 0 Å². The molecule has 0 fully saturated rings. The highest BCUT2D eigenvalue weighted by Gasteiger charge is 1.97. The van der Waals surface area contributed by atoms with E-state index in [2.05, 4.69) is 13.5 Å². The molecule has 0 aromatic heterocycles. The average molecular weight is 133 g/mol. The Hall–Kier alpha value is 0.0300. The second-order valence-electron chi connectivity index (χ2n) is 1.91. The van der Waals surface area contributed by atoms with Crippen LogP contribution in [0.1, 0.15) is 26.2 Å². The van der Waals surface area contributed by atoms with Crippen LogP contribution in [-0.4, -0.2) is 5.38 Å². The highest BCUT2D eigenvalue weighted by molar-refractivity contribution is 6.20. The van der Waals surface area contributed by atoms with Crippen molar-refractivity contribution in [2.24, 2.45) is 0 Å². The zero-order valence-corrected chi connectivity index (χ0v) is 6.12. The van der Waals surface area contributed by atoms with Crippen LogP contribution in [0.5, 0.6) is 0 Å². The van der Waals surface area contributed by atoms with Crippen molar-refractivity contribution in [3.8, 4) is 0 Å². The Morgan fingerprint density at radius 1 is 1.75 bits per heavy atom. The van der Waals surface area contributed by atoms with Crippen LogP contribution in [0.2, 0.25) is 0 Å². The average Bonchev–Trinajstić information content (AvgIpc) is 1.68. The first-order chi connectivity index (χ1) is 3.81. The van der Waals surface area contributed by atoms with Crippen LogP contribution in [0.25, 0.3) is 0 Å². The van der Waals surface area contributed by atoms with Crippen LogP contribution in [-0.2, 0) is 0 Å². The lowest BCUT2D eigenvalue weighted by molar-refractivity contribution is 0.738. The Balaban J connectivity index is 3.03. The second-order valence-corrected chi connectivity index (χ2v) is 2.53. The van der Waals surface area contributed by atoms with E-state index in [1.54, 1.807) is 0 Å². The van der Waals surface area contributed by atoms with Crippen molar-refractivity contribution >= 4 is 11.6 Å². The molecule has 1 atom stereocenters. The van der Waals surface area contributed by atoms with Gasteiger partial charge < -0.3 is 0 Å². The minimum Gasteiger partial charge on any atom is -0.123 e. The van der Waals surface area contributed by atoms with Gasteiger partial charge in [0, 0.05) is 5.38 Å². The Morgan fingerprint density at radius 2 is 2.38 bits per heavy atom. The zero-order valence-electron chi connectivity index (χ0n) is 5.36. The SMILES string of the molecule is C=CCC(Cl)CCC. The molecule has 0 amide bonds. The summed E-state index contributed by atoms with van der Waals surface area (Å²) in [4.78, 5) is 0. The second kappa shape index (κ2) is 5.17. The molecule has 0 aromatic carbocycles. The fourth-order valence-electron chi connectivity index (χ4n) is 0.612. The van der Waals surface area contributed by atoms with Gasteiger partial charge in [-0.1, -0.05) is 19.4 Å². The lowest BCUT2D eigenvalue weighted by Crippen LogP contribution is -1.93. The summed E-state index contributed by atoms with van der Waals surface area (Å²) in [6, 6.07) is 0. The molecular weight excluding hydrogens is 120 g/mol. The summed E-state index contributed by atoms with van der Waals surface area (Å²) in [6.07, 6.45) is 5.08. The molecule has 48 valence electrons. The molecule has 0 radical (unpaired) electrons. The highest BCUT2D eigenvalue weighted by Crippen LogP contribution is 2.08. The van der Waals surface area contributed by atoms with Crippen LogP contribution in [0.3, 0.4) is 0 Å². The molecule has 0 bridgehead atoms. The lowest BCUT2D eigenvalue weighted by Gasteiger charge is -2.00. The summed E-state index contributed by atoms with van der Waals surface area (Å²) in [6.45, 7) is 5.74. The Bertz CT molecular complexity index is 59.4. The van der Waals surface area contributed by atoms with Crippen molar-refractivity contribution < 1.29 is 0 Å². The maximum atomic E-state index is 5.81. The van der Waals surface area contributed by atoms with Crippen molar-refractivity contribution in [2.75, 3.05) is 0 Å². The Morgan fingerprint density at radius 3 is 2.75 bits per heavy atom. The first-order valence-corrected chi connectivity index (χ1v) is 3.49. The predicted octanol–water partition coefficient (Wildman–Crippen LogP) is 2.97. The fourth-order valence-corrected chi connectivity index (χ4v) is 0.956. The molecule has 0 N–H and O–H groups in total. The summed E-state index contributed by atoms with van der Waals surface area (Å²) in [7, 11) is 0. The maximum absolute atomic E-state index is 5.81. The number of hydrogen-bond acceptors (Lipinski definition) is 0. The van der Waals surface area contributed by atoms with Crippen molar-refractivity contribution in [2.45, 2.75) is 31.6 Å². The number of rotatable bonds is 4. The van der Waals surface area contributed by atoms with E-state index >= 15 is 0 Å². The van der Waals surface area contributed by atoms with Gasteiger partial charge in [0.2, 0.25) is 0 Å². The van der Waals surface area contributed by atoms with Crippen molar-refractivity contribution in [1.82, 2.24) is 0 Å². The fraction of sp³-hybridized carbons (Fsp3) is 0.714. The quantitative estimate of drug-likeness (QED) is 0.408. The number of alkyl halides is 1. The van der Waals surface area contributed by atoms with Gasteiger partial charge in [0.25, 0.3) is 0 Å². The number of hydrogen-bond donors (Lipinski definition) is 0. The molecule has 0 aliphatic carbocycles. The largest absolute Gasteiger partial charge is 0.123 e. The normalized spacial score (nSPS) is 13.2. The highest BCUT2D eigenvalue weighted by atomic mass is 35.5. The molecule has 0 heterocycles. The summed E-state index contributed by atoms with van der Waals surface area (Å²) in [5.74, 6) is 0. The number of halogens is 1. The molecule has 0 aliphatic heterocycles. The third-order valence-electron chi connectivity index (χ3n) is 1.02. The molecule has 0 saturated heterocycles. The summed E-state index contributed by atoms with van der Waals surface area (Å²) < 4.78 is 0. The smallest absolute Gasteiger partial charge is 0.0370 e. The van der Waals surface area contributed by atoms with E-state index in [-0.39, 0.29) is 0 Å². The van der Waals surface area contributed by atoms with Crippen LogP contribution in [0.4, 0.5) is 0 Å². The minimum atomic E-state index is 0.317. The van der Waals surface area contributed by atoms with Gasteiger partial charge in [-0.05, 0) is 12.8 Å². The molecule has 0 saturated carbocycles. The van der Waals surface area contributed by atoms with Crippen LogP contribution < -0.4 is 0 Å². The summed E-state index contributed by atoms with van der Waals surface area (Å²) >= 11 is 5.81. The Labute approximate surface area is 56.5 Å². The molecule has 0 spiro atoms. The van der Waals surface area contributed by atoms with E-state index in [4.69, 9.17) is 11.6 Å². The molecule has 1 heteroatoms. The molecular formula is C7H13Cl. The van der Waals surface area contributed by atoms with Gasteiger partial charge in [0.15, 0.2) is 0 Å². The van der Waals surface area contributed by atoms with Crippen LogP contribution in [0, 0.1) is 0 Å². The van der Waals surface area contributed by atoms with Crippen LogP contribution >= 0.6 is 11.6 Å².